The van der Waals surface area contributed by atoms with Crippen molar-refractivity contribution in [3.8, 4) is 0 Å². The molecule has 0 amide bonds. The van der Waals surface area contributed by atoms with Crippen LogP contribution in [0.2, 0.25) is 0 Å². The molecule has 0 heterocycles. The van der Waals surface area contributed by atoms with E-state index in [9.17, 15) is 0 Å². The van der Waals surface area contributed by atoms with E-state index in [4.69, 9.17) is 5.73 Å². The molecule has 0 spiro atoms. The molecule has 2 rings (SSSR count). The van der Waals surface area contributed by atoms with Gasteiger partial charge in [0.1, 0.15) is 0 Å². The molecule has 3 N–H and O–H groups in total. The van der Waals surface area contributed by atoms with Gasteiger partial charge in [-0.2, -0.15) is 0 Å². The zero-order valence-electron chi connectivity index (χ0n) is 8.45. The molecule has 0 bridgehead atoms. The van der Waals surface area contributed by atoms with Crippen LogP contribution in [0.1, 0.15) is 30.9 Å². The molecular weight excluding hydrogens is 172 g/mol. The molecule has 0 aliphatic heterocycles. The average molecular weight is 190 g/mol. The van der Waals surface area contributed by atoms with Gasteiger partial charge >= 0.3 is 0 Å². The lowest BCUT2D eigenvalue weighted by Gasteiger charge is -2.31. The number of hydrogen-bond donors (Lipinski definition) is 2. The Morgan fingerprint density at radius 1 is 1.29 bits per heavy atom. The fourth-order valence-corrected chi connectivity index (χ4v) is 1.85. The molecule has 1 saturated carbocycles. The molecule has 2 nitrogen and oxygen atoms in total. The van der Waals surface area contributed by atoms with Crippen LogP contribution >= 0.6 is 0 Å². The number of hydrogen-bond acceptors (Lipinski definition) is 2. The maximum atomic E-state index is 5.77. The lowest BCUT2D eigenvalue weighted by Crippen LogP contribution is -2.40. The van der Waals surface area contributed by atoms with Gasteiger partial charge in [0.25, 0.3) is 0 Å². The van der Waals surface area contributed by atoms with Gasteiger partial charge in [0.05, 0.1) is 0 Å². The van der Waals surface area contributed by atoms with Crippen molar-refractivity contribution in [1.29, 1.82) is 0 Å². The van der Waals surface area contributed by atoms with Crippen molar-refractivity contribution in [2.45, 2.75) is 31.3 Å². The zero-order chi connectivity index (χ0) is 9.80. The Kier molecular flexibility index (Phi) is 3.17. The standard InChI is InChI=1S/C12H18N2/c13-9-12(14-11-7-4-8-11)10-5-2-1-3-6-10/h1-3,5-6,11-12,14H,4,7-9,13H2. The maximum absolute atomic E-state index is 5.77. The molecule has 1 aromatic carbocycles. The Labute approximate surface area is 85.5 Å². The molecule has 1 atom stereocenters. The summed E-state index contributed by atoms with van der Waals surface area (Å²) >= 11 is 0. The van der Waals surface area contributed by atoms with Crippen molar-refractivity contribution in [2.24, 2.45) is 5.73 Å². The van der Waals surface area contributed by atoms with Gasteiger partial charge in [0, 0.05) is 18.6 Å². The summed E-state index contributed by atoms with van der Waals surface area (Å²) in [5.74, 6) is 0. The van der Waals surface area contributed by atoms with Crippen LogP contribution in [-0.2, 0) is 0 Å². The zero-order valence-corrected chi connectivity index (χ0v) is 8.45. The Bertz CT molecular complexity index is 267. The highest BCUT2D eigenvalue weighted by atomic mass is 15.0. The molecule has 0 saturated heterocycles. The van der Waals surface area contributed by atoms with Crippen LogP contribution in [0, 0.1) is 0 Å². The Morgan fingerprint density at radius 2 is 2.00 bits per heavy atom. The van der Waals surface area contributed by atoms with Gasteiger partial charge < -0.3 is 11.1 Å². The van der Waals surface area contributed by atoms with E-state index < -0.39 is 0 Å². The number of rotatable bonds is 4. The van der Waals surface area contributed by atoms with Crippen LogP contribution in [0.4, 0.5) is 0 Å². The maximum Gasteiger partial charge on any atom is 0.0446 e. The third-order valence-corrected chi connectivity index (χ3v) is 2.98. The molecule has 1 aliphatic carbocycles. The highest BCUT2D eigenvalue weighted by Gasteiger charge is 2.20. The van der Waals surface area contributed by atoms with Gasteiger partial charge in [-0.05, 0) is 18.4 Å². The van der Waals surface area contributed by atoms with Crippen molar-refractivity contribution >= 4 is 0 Å². The van der Waals surface area contributed by atoms with E-state index >= 15 is 0 Å². The van der Waals surface area contributed by atoms with Crippen molar-refractivity contribution in [2.75, 3.05) is 6.54 Å². The Morgan fingerprint density at radius 3 is 2.50 bits per heavy atom. The number of nitrogens with two attached hydrogens (primary N) is 1. The summed E-state index contributed by atoms with van der Waals surface area (Å²) in [5, 5.41) is 3.59. The van der Waals surface area contributed by atoms with Gasteiger partial charge in [-0.25, -0.2) is 0 Å². The highest BCUT2D eigenvalue weighted by Crippen LogP contribution is 2.22. The van der Waals surface area contributed by atoms with Gasteiger partial charge in [-0.15, -0.1) is 0 Å². The lowest BCUT2D eigenvalue weighted by atomic mass is 9.91. The topological polar surface area (TPSA) is 38.0 Å². The molecule has 0 aromatic heterocycles. The Hall–Kier alpha value is -0.860. The number of nitrogens with one attached hydrogen (secondary N) is 1. The largest absolute Gasteiger partial charge is 0.329 e. The molecular formula is C12H18N2. The van der Waals surface area contributed by atoms with Gasteiger partial charge in [0.2, 0.25) is 0 Å². The van der Waals surface area contributed by atoms with E-state index in [2.05, 4.69) is 29.6 Å². The lowest BCUT2D eigenvalue weighted by molar-refractivity contribution is 0.307. The summed E-state index contributed by atoms with van der Waals surface area (Å²) in [4.78, 5) is 0. The SMILES string of the molecule is NCC(NC1CCC1)c1ccccc1. The first-order valence-electron chi connectivity index (χ1n) is 5.41. The van der Waals surface area contributed by atoms with Crippen molar-refractivity contribution in [3.05, 3.63) is 35.9 Å². The first-order chi connectivity index (χ1) is 6.90. The second kappa shape index (κ2) is 4.58. The quantitative estimate of drug-likeness (QED) is 0.760. The highest BCUT2D eigenvalue weighted by molar-refractivity contribution is 5.19. The molecule has 2 heteroatoms. The second-order valence-electron chi connectivity index (χ2n) is 3.99. The van der Waals surface area contributed by atoms with Crippen LogP contribution in [0.25, 0.3) is 0 Å². The molecule has 0 radical (unpaired) electrons. The first kappa shape index (κ1) is 9.69. The summed E-state index contributed by atoms with van der Waals surface area (Å²) in [5.41, 5.74) is 7.08. The van der Waals surface area contributed by atoms with E-state index in [-0.39, 0.29) is 0 Å². The fraction of sp³-hybridized carbons (Fsp3) is 0.500. The van der Waals surface area contributed by atoms with Crippen molar-refractivity contribution < 1.29 is 0 Å². The molecule has 1 aromatic rings. The third kappa shape index (κ3) is 2.14. The summed E-state index contributed by atoms with van der Waals surface area (Å²) in [6.07, 6.45) is 3.98. The van der Waals surface area contributed by atoms with E-state index in [1.807, 2.05) is 6.07 Å². The predicted molar refractivity (Wildman–Crippen MR) is 59.0 cm³/mol. The molecule has 1 aliphatic rings. The minimum atomic E-state index is 0.335. The smallest absolute Gasteiger partial charge is 0.0446 e. The minimum absolute atomic E-state index is 0.335. The van der Waals surface area contributed by atoms with Crippen LogP contribution in [0.3, 0.4) is 0 Å². The van der Waals surface area contributed by atoms with Gasteiger partial charge in [0.15, 0.2) is 0 Å². The van der Waals surface area contributed by atoms with E-state index in [0.29, 0.717) is 18.6 Å². The fourth-order valence-electron chi connectivity index (χ4n) is 1.85. The summed E-state index contributed by atoms with van der Waals surface area (Å²) in [7, 11) is 0. The minimum Gasteiger partial charge on any atom is -0.329 e. The molecule has 76 valence electrons. The Balaban J connectivity index is 1.98. The summed E-state index contributed by atoms with van der Waals surface area (Å²) in [6, 6.07) is 11.5. The van der Waals surface area contributed by atoms with Crippen LogP contribution in [-0.4, -0.2) is 12.6 Å². The molecule has 1 fully saturated rings. The summed E-state index contributed by atoms with van der Waals surface area (Å²) < 4.78 is 0. The first-order valence-corrected chi connectivity index (χ1v) is 5.41. The van der Waals surface area contributed by atoms with Crippen molar-refractivity contribution in [1.82, 2.24) is 5.32 Å². The van der Waals surface area contributed by atoms with Crippen LogP contribution in [0.5, 0.6) is 0 Å². The molecule has 1 unspecified atom stereocenters. The number of benzene rings is 1. The predicted octanol–water partition coefficient (Wildman–Crippen LogP) is 1.83. The second-order valence-corrected chi connectivity index (χ2v) is 3.99. The normalized spacial score (nSPS) is 18.9. The summed E-state index contributed by atoms with van der Waals surface area (Å²) in [6.45, 7) is 0.681. The van der Waals surface area contributed by atoms with Gasteiger partial charge in [-0.3, -0.25) is 0 Å². The van der Waals surface area contributed by atoms with E-state index in [1.54, 1.807) is 0 Å². The average Bonchev–Trinajstić information content (AvgIpc) is 2.18. The van der Waals surface area contributed by atoms with E-state index in [1.165, 1.54) is 24.8 Å². The van der Waals surface area contributed by atoms with Crippen molar-refractivity contribution in [3.63, 3.8) is 0 Å². The third-order valence-electron chi connectivity index (χ3n) is 2.98. The van der Waals surface area contributed by atoms with Crippen LogP contribution in [0.15, 0.2) is 30.3 Å². The van der Waals surface area contributed by atoms with Gasteiger partial charge in [-0.1, -0.05) is 36.8 Å². The molecule has 14 heavy (non-hydrogen) atoms. The van der Waals surface area contributed by atoms with E-state index in [0.717, 1.165) is 0 Å². The monoisotopic (exact) mass is 190 g/mol. The van der Waals surface area contributed by atoms with Crippen LogP contribution < -0.4 is 11.1 Å².